The van der Waals surface area contributed by atoms with Crippen LogP contribution in [0.3, 0.4) is 0 Å². The van der Waals surface area contributed by atoms with E-state index in [0.29, 0.717) is 28.6 Å². The number of amides is 3. The fraction of sp³-hybridized carbons (Fsp3) is 0.375. The number of ether oxygens (including phenoxy) is 2. The standard InChI is InChI=1S/C24H30N4O5/c1-15-10-22(29)26-20-8-6-7-9-21(20)28(15)23(30)14-27(3)16(2)24(31)25-17-11-18(32-4)13-19(12-17)33-5/h6-9,11-13,15-16H,10,14H2,1-5H3,(H,25,31)(H,26,29). The van der Waals surface area contributed by atoms with Crippen LogP contribution in [0, 0.1) is 0 Å². The number of likely N-dealkylation sites (N-methyl/N-ethyl adjacent to an activating group) is 1. The van der Waals surface area contributed by atoms with Crippen molar-refractivity contribution in [1.29, 1.82) is 0 Å². The van der Waals surface area contributed by atoms with E-state index in [0.717, 1.165) is 0 Å². The normalized spacial score (nSPS) is 16.4. The molecule has 1 aliphatic rings. The van der Waals surface area contributed by atoms with Crippen LogP contribution in [0.15, 0.2) is 42.5 Å². The first-order valence-corrected chi connectivity index (χ1v) is 10.7. The van der Waals surface area contributed by atoms with Crippen LogP contribution in [0.5, 0.6) is 11.5 Å². The molecule has 0 aliphatic carbocycles. The SMILES string of the molecule is COc1cc(NC(=O)C(C)N(C)CC(=O)N2c3ccccc3NC(=O)CC2C)cc(OC)c1. The molecule has 0 bridgehead atoms. The van der Waals surface area contributed by atoms with Gasteiger partial charge in [-0.05, 0) is 33.0 Å². The highest BCUT2D eigenvalue weighted by atomic mass is 16.5. The maximum Gasteiger partial charge on any atom is 0.241 e. The minimum atomic E-state index is -0.594. The average Bonchev–Trinajstić information content (AvgIpc) is 2.91. The molecule has 0 aromatic heterocycles. The van der Waals surface area contributed by atoms with Crippen LogP contribution < -0.4 is 25.0 Å². The Morgan fingerprint density at radius 3 is 2.45 bits per heavy atom. The minimum Gasteiger partial charge on any atom is -0.497 e. The number of rotatable bonds is 7. The van der Waals surface area contributed by atoms with Crippen molar-refractivity contribution in [1.82, 2.24) is 4.90 Å². The molecule has 0 saturated heterocycles. The molecular formula is C24H30N4O5. The fourth-order valence-corrected chi connectivity index (χ4v) is 3.72. The number of anilines is 3. The molecule has 0 saturated carbocycles. The van der Waals surface area contributed by atoms with Crippen molar-refractivity contribution in [2.24, 2.45) is 0 Å². The molecule has 3 amide bonds. The smallest absolute Gasteiger partial charge is 0.241 e. The number of carbonyl (C=O) groups is 3. The summed E-state index contributed by atoms with van der Waals surface area (Å²) < 4.78 is 10.5. The van der Waals surface area contributed by atoms with Crippen LogP contribution in [-0.2, 0) is 14.4 Å². The van der Waals surface area contributed by atoms with E-state index < -0.39 is 6.04 Å². The lowest BCUT2D eigenvalue weighted by Crippen LogP contribution is -2.48. The third-order valence-electron chi connectivity index (χ3n) is 5.67. The highest BCUT2D eigenvalue weighted by Crippen LogP contribution is 2.31. The second-order valence-corrected chi connectivity index (χ2v) is 8.06. The molecule has 1 heterocycles. The Kier molecular flexibility index (Phi) is 7.55. The molecule has 1 aliphatic heterocycles. The van der Waals surface area contributed by atoms with E-state index in [1.807, 2.05) is 25.1 Å². The molecule has 0 spiro atoms. The molecule has 2 N–H and O–H groups in total. The molecule has 2 unspecified atom stereocenters. The van der Waals surface area contributed by atoms with Gasteiger partial charge >= 0.3 is 0 Å². The number of hydrogen-bond acceptors (Lipinski definition) is 6. The van der Waals surface area contributed by atoms with Crippen LogP contribution in [0.4, 0.5) is 17.1 Å². The highest BCUT2D eigenvalue weighted by Gasteiger charge is 2.31. The third-order valence-corrected chi connectivity index (χ3v) is 5.67. The van der Waals surface area contributed by atoms with Gasteiger partial charge in [0.15, 0.2) is 0 Å². The quantitative estimate of drug-likeness (QED) is 0.667. The van der Waals surface area contributed by atoms with E-state index in [9.17, 15) is 14.4 Å². The van der Waals surface area contributed by atoms with Gasteiger partial charge in [-0.15, -0.1) is 0 Å². The highest BCUT2D eigenvalue weighted by molar-refractivity contribution is 6.05. The van der Waals surface area contributed by atoms with Gasteiger partial charge in [0.25, 0.3) is 0 Å². The van der Waals surface area contributed by atoms with Crippen molar-refractivity contribution in [2.45, 2.75) is 32.4 Å². The number of benzene rings is 2. The van der Waals surface area contributed by atoms with Crippen molar-refractivity contribution >= 4 is 34.8 Å². The van der Waals surface area contributed by atoms with Crippen molar-refractivity contribution in [3.63, 3.8) is 0 Å². The van der Waals surface area contributed by atoms with Gasteiger partial charge in [-0.1, -0.05) is 12.1 Å². The zero-order chi connectivity index (χ0) is 24.1. The molecule has 3 rings (SSSR count). The molecular weight excluding hydrogens is 424 g/mol. The van der Waals surface area contributed by atoms with E-state index in [1.165, 1.54) is 14.2 Å². The predicted molar refractivity (Wildman–Crippen MR) is 127 cm³/mol. The number of nitrogens with one attached hydrogen (secondary N) is 2. The lowest BCUT2D eigenvalue weighted by atomic mass is 10.1. The van der Waals surface area contributed by atoms with E-state index in [-0.39, 0.29) is 36.7 Å². The molecule has 0 fully saturated rings. The van der Waals surface area contributed by atoms with Crippen LogP contribution in [-0.4, -0.2) is 62.5 Å². The summed E-state index contributed by atoms with van der Waals surface area (Å²) in [5.74, 6) is 0.495. The second-order valence-electron chi connectivity index (χ2n) is 8.06. The Bertz CT molecular complexity index is 1020. The Morgan fingerprint density at radius 1 is 1.18 bits per heavy atom. The first-order chi connectivity index (χ1) is 15.7. The van der Waals surface area contributed by atoms with E-state index in [2.05, 4.69) is 10.6 Å². The van der Waals surface area contributed by atoms with Crippen LogP contribution in [0.2, 0.25) is 0 Å². The number of fused-ring (bicyclic) bond motifs is 1. The lowest BCUT2D eigenvalue weighted by molar-refractivity contribution is -0.123. The van der Waals surface area contributed by atoms with Crippen LogP contribution in [0.1, 0.15) is 20.3 Å². The Morgan fingerprint density at radius 2 is 1.82 bits per heavy atom. The molecule has 9 heteroatoms. The summed E-state index contributed by atoms with van der Waals surface area (Å²) in [5.41, 5.74) is 1.78. The molecule has 9 nitrogen and oxygen atoms in total. The number of carbonyl (C=O) groups excluding carboxylic acids is 3. The number of methoxy groups -OCH3 is 2. The Balaban J connectivity index is 1.71. The van der Waals surface area contributed by atoms with Gasteiger partial charge in [-0.25, -0.2) is 0 Å². The number of nitrogens with zero attached hydrogens (tertiary/aromatic N) is 2. The molecule has 2 aromatic rings. The van der Waals surface area contributed by atoms with Gasteiger partial charge < -0.3 is 25.0 Å². The third kappa shape index (κ3) is 5.61. The predicted octanol–water partition coefficient (Wildman–Crippen LogP) is 2.73. The monoisotopic (exact) mass is 454 g/mol. The summed E-state index contributed by atoms with van der Waals surface area (Å²) in [4.78, 5) is 41.6. The van der Waals surface area contributed by atoms with Gasteiger partial charge in [0.05, 0.1) is 38.2 Å². The topological polar surface area (TPSA) is 100 Å². The van der Waals surface area contributed by atoms with Crippen LogP contribution >= 0.6 is 0 Å². The Labute approximate surface area is 193 Å². The summed E-state index contributed by atoms with van der Waals surface area (Å²) in [6.07, 6.45) is 0.192. The van der Waals surface area contributed by atoms with Gasteiger partial charge in [0.2, 0.25) is 17.7 Å². The first-order valence-electron chi connectivity index (χ1n) is 10.7. The summed E-state index contributed by atoms with van der Waals surface area (Å²) >= 11 is 0. The average molecular weight is 455 g/mol. The van der Waals surface area contributed by atoms with Gasteiger partial charge in [-0.2, -0.15) is 0 Å². The summed E-state index contributed by atoms with van der Waals surface area (Å²) in [6.45, 7) is 3.57. The first kappa shape index (κ1) is 24.1. The molecule has 33 heavy (non-hydrogen) atoms. The van der Waals surface area contributed by atoms with Gasteiger partial charge in [0.1, 0.15) is 11.5 Å². The maximum atomic E-state index is 13.3. The summed E-state index contributed by atoms with van der Waals surface area (Å²) in [7, 11) is 4.78. The molecule has 2 aromatic carbocycles. The molecule has 2 atom stereocenters. The number of para-hydroxylation sites is 2. The van der Waals surface area contributed by atoms with Crippen molar-refractivity contribution in [3.05, 3.63) is 42.5 Å². The fourth-order valence-electron chi connectivity index (χ4n) is 3.72. The maximum absolute atomic E-state index is 13.3. The van der Waals surface area contributed by atoms with Crippen molar-refractivity contribution < 1.29 is 23.9 Å². The Hall–Kier alpha value is -3.59. The zero-order valence-corrected chi connectivity index (χ0v) is 19.5. The molecule has 0 radical (unpaired) electrons. The van der Waals surface area contributed by atoms with E-state index in [4.69, 9.17) is 9.47 Å². The summed E-state index contributed by atoms with van der Waals surface area (Å²) in [5, 5.41) is 5.69. The lowest BCUT2D eigenvalue weighted by Gasteiger charge is -2.31. The molecule has 176 valence electrons. The van der Waals surface area contributed by atoms with Crippen molar-refractivity contribution in [3.8, 4) is 11.5 Å². The van der Waals surface area contributed by atoms with Gasteiger partial charge in [0, 0.05) is 36.3 Å². The van der Waals surface area contributed by atoms with Crippen LogP contribution in [0.25, 0.3) is 0 Å². The minimum absolute atomic E-state index is 0.00286. The van der Waals surface area contributed by atoms with E-state index >= 15 is 0 Å². The van der Waals surface area contributed by atoms with Gasteiger partial charge in [-0.3, -0.25) is 19.3 Å². The van der Waals surface area contributed by atoms with Crippen molar-refractivity contribution in [2.75, 3.05) is 43.3 Å². The second kappa shape index (κ2) is 10.4. The summed E-state index contributed by atoms with van der Waals surface area (Å²) in [6, 6.07) is 11.4. The number of hydrogen-bond donors (Lipinski definition) is 2. The van der Waals surface area contributed by atoms with E-state index in [1.54, 1.807) is 48.0 Å². The zero-order valence-electron chi connectivity index (χ0n) is 19.5. The largest absolute Gasteiger partial charge is 0.497 e.